The van der Waals surface area contributed by atoms with Crippen molar-refractivity contribution in [2.75, 3.05) is 18.1 Å². The monoisotopic (exact) mass is 328 g/mol. The van der Waals surface area contributed by atoms with Crippen LogP contribution >= 0.6 is 11.8 Å². The molecule has 2 N–H and O–H groups in total. The van der Waals surface area contributed by atoms with Crippen molar-refractivity contribution in [2.45, 2.75) is 44.2 Å². The molecule has 0 aromatic heterocycles. The molecular formula is C15H24N2O2S2. The van der Waals surface area contributed by atoms with Gasteiger partial charge in [0.05, 0.1) is 4.90 Å². The molecule has 1 aliphatic heterocycles. The molecule has 0 aliphatic carbocycles. The standard InChI is InChI=1S/C15H24N2O2S2/c1-3-16-10-13-7-6-12(2)15(9-13)21(18,19)17-14-5-4-8-20-11-14/h6-7,9,14,16-17H,3-5,8,10-11H2,1-2H3. The van der Waals surface area contributed by atoms with Crippen molar-refractivity contribution in [3.8, 4) is 0 Å². The van der Waals surface area contributed by atoms with Crippen LogP contribution in [0, 0.1) is 6.92 Å². The van der Waals surface area contributed by atoms with E-state index in [0.29, 0.717) is 11.4 Å². The van der Waals surface area contributed by atoms with Gasteiger partial charge in [-0.3, -0.25) is 0 Å². The van der Waals surface area contributed by atoms with Crippen molar-refractivity contribution < 1.29 is 8.42 Å². The minimum atomic E-state index is -3.43. The summed E-state index contributed by atoms with van der Waals surface area (Å²) < 4.78 is 28.1. The van der Waals surface area contributed by atoms with Crippen LogP contribution in [0.2, 0.25) is 0 Å². The molecule has 0 bridgehead atoms. The highest BCUT2D eigenvalue weighted by atomic mass is 32.2. The first kappa shape index (κ1) is 16.8. The molecule has 1 atom stereocenters. The second-order valence-electron chi connectivity index (χ2n) is 5.42. The van der Waals surface area contributed by atoms with Crippen LogP contribution in [-0.2, 0) is 16.6 Å². The van der Waals surface area contributed by atoms with Gasteiger partial charge in [0.15, 0.2) is 0 Å². The number of sulfonamides is 1. The molecule has 0 amide bonds. The summed E-state index contributed by atoms with van der Waals surface area (Å²) in [6.07, 6.45) is 2.01. The Morgan fingerprint density at radius 2 is 2.19 bits per heavy atom. The Bertz CT molecular complexity index is 567. The van der Waals surface area contributed by atoms with E-state index in [4.69, 9.17) is 0 Å². The van der Waals surface area contributed by atoms with Crippen LogP contribution < -0.4 is 10.0 Å². The van der Waals surface area contributed by atoms with E-state index < -0.39 is 10.0 Å². The van der Waals surface area contributed by atoms with Crippen LogP contribution in [-0.4, -0.2) is 32.5 Å². The van der Waals surface area contributed by atoms with Gasteiger partial charge in [0.2, 0.25) is 10.0 Å². The molecule has 1 aliphatic rings. The van der Waals surface area contributed by atoms with Gasteiger partial charge in [-0.15, -0.1) is 0 Å². The third kappa shape index (κ3) is 4.71. The molecule has 1 saturated heterocycles. The van der Waals surface area contributed by atoms with E-state index in [1.165, 1.54) is 0 Å². The van der Waals surface area contributed by atoms with Gasteiger partial charge in [-0.2, -0.15) is 11.8 Å². The second-order valence-corrected chi connectivity index (χ2v) is 8.25. The minimum Gasteiger partial charge on any atom is -0.313 e. The van der Waals surface area contributed by atoms with Gasteiger partial charge in [-0.05, 0) is 49.3 Å². The van der Waals surface area contributed by atoms with Gasteiger partial charge in [0.25, 0.3) is 0 Å². The fourth-order valence-corrected chi connectivity index (χ4v) is 5.17. The summed E-state index contributed by atoms with van der Waals surface area (Å²) >= 11 is 1.82. The number of aryl methyl sites for hydroxylation is 1. The Kier molecular flexibility index (Phi) is 6.10. The normalized spacial score (nSPS) is 19.6. The van der Waals surface area contributed by atoms with Crippen LogP contribution in [0.25, 0.3) is 0 Å². The van der Waals surface area contributed by atoms with Gasteiger partial charge in [0, 0.05) is 18.3 Å². The molecule has 21 heavy (non-hydrogen) atoms. The van der Waals surface area contributed by atoms with Crippen LogP contribution in [0.3, 0.4) is 0 Å². The number of benzene rings is 1. The molecule has 2 rings (SSSR count). The summed E-state index contributed by atoms with van der Waals surface area (Å²) in [4.78, 5) is 0.411. The van der Waals surface area contributed by atoms with Gasteiger partial charge < -0.3 is 5.32 Å². The first-order chi connectivity index (χ1) is 10.0. The Morgan fingerprint density at radius 1 is 1.38 bits per heavy atom. The van der Waals surface area contributed by atoms with E-state index >= 15 is 0 Å². The Morgan fingerprint density at radius 3 is 2.86 bits per heavy atom. The number of nitrogens with one attached hydrogen (secondary N) is 2. The van der Waals surface area contributed by atoms with Crippen LogP contribution in [0.15, 0.2) is 23.1 Å². The quantitative estimate of drug-likeness (QED) is 0.841. The largest absolute Gasteiger partial charge is 0.313 e. The maximum atomic E-state index is 12.6. The summed E-state index contributed by atoms with van der Waals surface area (Å²) in [5.41, 5.74) is 1.80. The number of thioether (sulfide) groups is 1. The average molecular weight is 329 g/mol. The first-order valence-electron chi connectivity index (χ1n) is 7.43. The van der Waals surface area contributed by atoms with Crippen molar-refractivity contribution in [2.24, 2.45) is 0 Å². The zero-order valence-corrected chi connectivity index (χ0v) is 14.3. The van der Waals surface area contributed by atoms with Crippen molar-refractivity contribution in [1.82, 2.24) is 10.0 Å². The number of hydrogen-bond donors (Lipinski definition) is 2. The van der Waals surface area contributed by atoms with E-state index in [1.54, 1.807) is 6.07 Å². The lowest BCUT2D eigenvalue weighted by atomic mass is 10.1. The third-order valence-electron chi connectivity index (χ3n) is 3.60. The molecule has 1 fully saturated rings. The summed E-state index contributed by atoms with van der Waals surface area (Å²) in [6, 6.07) is 5.71. The van der Waals surface area contributed by atoms with Crippen molar-refractivity contribution in [1.29, 1.82) is 0 Å². The summed E-state index contributed by atoms with van der Waals surface area (Å²) in [5.74, 6) is 2.00. The van der Waals surface area contributed by atoms with E-state index in [-0.39, 0.29) is 6.04 Å². The molecule has 1 heterocycles. The molecule has 1 aromatic rings. The molecule has 6 heteroatoms. The van der Waals surface area contributed by atoms with Crippen molar-refractivity contribution in [3.63, 3.8) is 0 Å². The maximum absolute atomic E-state index is 12.6. The molecule has 0 saturated carbocycles. The van der Waals surface area contributed by atoms with Crippen LogP contribution in [0.5, 0.6) is 0 Å². The second kappa shape index (κ2) is 7.63. The average Bonchev–Trinajstić information content (AvgIpc) is 2.47. The zero-order chi connectivity index (χ0) is 15.3. The predicted octanol–water partition coefficient (Wildman–Crippen LogP) is 2.28. The first-order valence-corrected chi connectivity index (χ1v) is 10.1. The molecule has 0 radical (unpaired) electrons. The SMILES string of the molecule is CCNCc1ccc(C)c(S(=O)(=O)NC2CCCSC2)c1. The van der Waals surface area contributed by atoms with Crippen molar-refractivity contribution >= 4 is 21.8 Å². The Balaban J connectivity index is 2.17. The Labute approximate surface area is 132 Å². The number of rotatable bonds is 6. The summed E-state index contributed by atoms with van der Waals surface area (Å²) in [7, 11) is -3.43. The Hall–Kier alpha value is -0.560. The molecule has 1 unspecified atom stereocenters. The van der Waals surface area contributed by atoms with E-state index in [2.05, 4.69) is 10.0 Å². The third-order valence-corrected chi connectivity index (χ3v) is 6.48. The summed E-state index contributed by atoms with van der Waals surface area (Å²) in [6.45, 7) is 5.45. The van der Waals surface area contributed by atoms with Crippen molar-refractivity contribution in [3.05, 3.63) is 29.3 Å². The summed E-state index contributed by atoms with van der Waals surface area (Å²) in [5, 5.41) is 3.23. The van der Waals surface area contributed by atoms with E-state index in [9.17, 15) is 8.42 Å². The van der Waals surface area contributed by atoms with Gasteiger partial charge in [-0.25, -0.2) is 13.1 Å². The number of hydrogen-bond acceptors (Lipinski definition) is 4. The van der Waals surface area contributed by atoms with Crippen LogP contribution in [0.1, 0.15) is 30.9 Å². The topological polar surface area (TPSA) is 58.2 Å². The highest BCUT2D eigenvalue weighted by Gasteiger charge is 2.23. The molecule has 0 spiro atoms. The molecule has 4 nitrogen and oxygen atoms in total. The molecular weight excluding hydrogens is 304 g/mol. The van der Waals surface area contributed by atoms with Gasteiger partial charge >= 0.3 is 0 Å². The highest BCUT2D eigenvalue weighted by Crippen LogP contribution is 2.21. The van der Waals surface area contributed by atoms with Gasteiger partial charge in [0.1, 0.15) is 0 Å². The molecule has 1 aromatic carbocycles. The lowest BCUT2D eigenvalue weighted by molar-refractivity contribution is 0.542. The molecule has 118 valence electrons. The van der Waals surface area contributed by atoms with Gasteiger partial charge in [-0.1, -0.05) is 19.1 Å². The smallest absolute Gasteiger partial charge is 0.241 e. The fraction of sp³-hybridized carbons (Fsp3) is 0.600. The lowest BCUT2D eigenvalue weighted by Crippen LogP contribution is -2.38. The predicted molar refractivity (Wildman–Crippen MR) is 89.2 cm³/mol. The van der Waals surface area contributed by atoms with Crippen LogP contribution in [0.4, 0.5) is 0 Å². The van der Waals surface area contributed by atoms with E-state index in [1.807, 2.05) is 37.7 Å². The zero-order valence-electron chi connectivity index (χ0n) is 12.7. The van der Waals surface area contributed by atoms with E-state index in [0.717, 1.165) is 42.0 Å². The highest BCUT2D eigenvalue weighted by molar-refractivity contribution is 7.99. The fourth-order valence-electron chi connectivity index (χ4n) is 2.43. The lowest BCUT2D eigenvalue weighted by Gasteiger charge is -2.23. The minimum absolute atomic E-state index is 0.0607. The maximum Gasteiger partial charge on any atom is 0.241 e.